The van der Waals surface area contributed by atoms with E-state index in [4.69, 9.17) is 0 Å². The van der Waals surface area contributed by atoms with E-state index in [1.807, 2.05) is 0 Å². The van der Waals surface area contributed by atoms with Crippen LogP contribution in [0.3, 0.4) is 0 Å². The number of fused-ring (bicyclic) bond motifs is 1. The molecule has 1 aromatic carbocycles. The Morgan fingerprint density at radius 2 is 1.88 bits per heavy atom. The van der Waals surface area contributed by atoms with Crippen molar-refractivity contribution in [2.24, 2.45) is 0 Å². The van der Waals surface area contributed by atoms with Gasteiger partial charge in [-0.05, 0) is 52.7 Å². The van der Waals surface area contributed by atoms with Crippen molar-refractivity contribution in [3.8, 4) is 0 Å². The number of alkyl halides is 2. The van der Waals surface area contributed by atoms with Gasteiger partial charge in [-0.3, -0.25) is 0 Å². The molecule has 3 aromatic rings. The zero-order valence-corrected chi connectivity index (χ0v) is 19.9. The molecule has 0 spiro atoms. The van der Waals surface area contributed by atoms with E-state index in [1.54, 1.807) is 13.8 Å². The van der Waals surface area contributed by atoms with E-state index in [9.17, 15) is 22.3 Å². The highest BCUT2D eigenvalue weighted by Gasteiger charge is 2.49. The molecule has 0 amide bonds. The lowest BCUT2D eigenvalue weighted by Gasteiger charge is -2.30. The lowest BCUT2D eigenvalue weighted by Crippen LogP contribution is -2.41. The minimum atomic E-state index is -3.83. The van der Waals surface area contributed by atoms with Gasteiger partial charge in [-0.25, -0.2) is 27.8 Å². The van der Waals surface area contributed by atoms with Crippen molar-refractivity contribution in [1.29, 1.82) is 0 Å². The first-order valence-electron chi connectivity index (χ1n) is 10.8. The molecule has 4 rings (SSSR count). The molecule has 34 heavy (non-hydrogen) atoms. The minimum Gasteiger partial charge on any atom is -0.384 e. The molecule has 11 heteroatoms. The number of rotatable bonds is 7. The summed E-state index contributed by atoms with van der Waals surface area (Å²) in [7, 11) is -3.57. The third-order valence-corrected chi connectivity index (χ3v) is 8.03. The summed E-state index contributed by atoms with van der Waals surface area (Å²) in [5.74, 6) is -4.39. The summed E-state index contributed by atoms with van der Waals surface area (Å²) in [5.41, 5.74) is -3.07. The van der Waals surface area contributed by atoms with Crippen molar-refractivity contribution in [3.05, 3.63) is 53.2 Å². The number of benzene rings is 1. The molecule has 1 aliphatic rings. The van der Waals surface area contributed by atoms with Crippen molar-refractivity contribution in [2.75, 3.05) is 5.32 Å². The van der Waals surface area contributed by atoms with E-state index in [0.717, 1.165) is 19.9 Å². The summed E-state index contributed by atoms with van der Waals surface area (Å²) < 4.78 is 69.9. The number of sulfone groups is 1. The van der Waals surface area contributed by atoms with Crippen molar-refractivity contribution in [2.45, 2.75) is 68.4 Å². The summed E-state index contributed by atoms with van der Waals surface area (Å²) in [4.78, 5) is 12.7. The fourth-order valence-corrected chi connectivity index (χ4v) is 5.26. The molecule has 1 saturated carbocycles. The molecule has 1 aliphatic carbocycles. The Morgan fingerprint density at radius 1 is 1.21 bits per heavy atom. The van der Waals surface area contributed by atoms with Crippen LogP contribution in [-0.4, -0.2) is 39.3 Å². The van der Waals surface area contributed by atoms with Gasteiger partial charge in [0, 0.05) is 10.9 Å². The molecule has 0 saturated heterocycles. The maximum atomic E-state index is 15.2. The van der Waals surface area contributed by atoms with Gasteiger partial charge in [0.1, 0.15) is 23.1 Å². The van der Waals surface area contributed by atoms with Crippen LogP contribution in [0.4, 0.5) is 19.0 Å². The number of nitrogens with one attached hydrogen (secondary N) is 1. The van der Waals surface area contributed by atoms with Crippen LogP contribution in [0.2, 0.25) is 0 Å². The molecule has 2 heterocycles. The van der Waals surface area contributed by atoms with Crippen LogP contribution in [0, 0.1) is 12.7 Å². The van der Waals surface area contributed by atoms with E-state index in [2.05, 4.69) is 20.3 Å². The lowest BCUT2D eigenvalue weighted by molar-refractivity contribution is -0.170. The number of hydrogen-bond acceptors (Lipinski definition) is 7. The van der Waals surface area contributed by atoms with Gasteiger partial charge in [-0.1, -0.05) is 12.1 Å². The summed E-state index contributed by atoms with van der Waals surface area (Å²) in [6, 6.07) is 4.14. The Balaban J connectivity index is 1.75. The second-order valence-corrected chi connectivity index (χ2v) is 11.3. The smallest absolute Gasteiger partial charge is 0.303 e. The molecule has 182 valence electrons. The van der Waals surface area contributed by atoms with E-state index < -0.39 is 44.0 Å². The second kappa shape index (κ2) is 8.16. The average Bonchev–Trinajstić information content (AvgIpc) is 3.58. The molecular formula is C23H25F3N4O3S. The van der Waals surface area contributed by atoms with Crippen LogP contribution in [0.5, 0.6) is 0 Å². The Labute approximate surface area is 195 Å². The van der Waals surface area contributed by atoms with Gasteiger partial charge in [-0.2, -0.15) is 8.78 Å². The zero-order chi connectivity index (χ0) is 25.1. The summed E-state index contributed by atoms with van der Waals surface area (Å²) in [5, 5.41) is 12.7. The lowest BCUT2D eigenvalue weighted by atomic mass is 9.91. The van der Waals surface area contributed by atoms with Crippen LogP contribution in [0.25, 0.3) is 10.9 Å². The van der Waals surface area contributed by atoms with E-state index in [1.165, 1.54) is 24.4 Å². The molecule has 1 atom stereocenters. The molecule has 2 N–H and O–H groups in total. The molecule has 0 unspecified atom stereocenters. The topological polar surface area (TPSA) is 105 Å². The van der Waals surface area contributed by atoms with Crippen molar-refractivity contribution < 1.29 is 26.7 Å². The maximum absolute atomic E-state index is 15.2. The van der Waals surface area contributed by atoms with Gasteiger partial charge in [0.2, 0.25) is 0 Å². The number of aliphatic hydroxyl groups is 1. The highest BCUT2D eigenvalue weighted by atomic mass is 32.2. The molecule has 0 bridgehead atoms. The SMILES string of the molecule is Cc1nc(N[C@H](C)c2cccc(C(F)(F)C(C)(C)O)c2F)c2cc(S(=O)(=O)C3CC3)ncc2n1. The van der Waals surface area contributed by atoms with Crippen LogP contribution < -0.4 is 5.32 Å². The fraction of sp³-hybridized carbons (Fsp3) is 0.435. The maximum Gasteiger partial charge on any atom is 0.303 e. The van der Waals surface area contributed by atoms with Crippen LogP contribution >= 0.6 is 0 Å². The molecule has 2 aromatic heterocycles. The number of aryl methyl sites for hydroxylation is 1. The molecule has 7 nitrogen and oxygen atoms in total. The third kappa shape index (κ3) is 4.22. The monoisotopic (exact) mass is 494 g/mol. The second-order valence-electron chi connectivity index (χ2n) is 9.11. The largest absolute Gasteiger partial charge is 0.384 e. The summed E-state index contributed by atoms with van der Waals surface area (Å²) in [6.45, 7) is 5.03. The van der Waals surface area contributed by atoms with Gasteiger partial charge >= 0.3 is 5.92 Å². The fourth-order valence-electron chi connectivity index (χ4n) is 3.68. The first-order valence-corrected chi connectivity index (χ1v) is 12.3. The van der Waals surface area contributed by atoms with Crippen molar-refractivity contribution in [1.82, 2.24) is 15.0 Å². The Morgan fingerprint density at radius 3 is 2.50 bits per heavy atom. The highest BCUT2D eigenvalue weighted by Crippen LogP contribution is 2.41. The average molecular weight is 495 g/mol. The molecular weight excluding hydrogens is 469 g/mol. The minimum absolute atomic E-state index is 0.0641. The van der Waals surface area contributed by atoms with Gasteiger partial charge in [0.15, 0.2) is 14.9 Å². The van der Waals surface area contributed by atoms with Gasteiger partial charge < -0.3 is 10.4 Å². The van der Waals surface area contributed by atoms with Crippen molar-refractivity contribution >= 4 is 26.6 Å². The Bertz CT molecular complexity index is 1370. The van der Waals surface area contributed by atoms with Crippen molar-refractivity contribution in [3.63, 3.8) is 0 Å². The number of nitrogens with zero attached hydrogens (tertiary/aromatic N) is 3. The van der Waals surface area contributed by atoms with E-state index in [-0.39, 0.29) is 16.4 Å². The number of hydrogen-bond donors (Lipinski definition) is 2. The van der Waals surface area contributed by atoms with Gasteiger partial charge in [-0.15, -0.1) is 0 Å². The number of halogens is 3. The van der Waals surface area contributed by atoms with Gasteiger partial charge in [0.05, 0.1) is 28.6 Å². The Kier molecular flexibility index (Phi) is 5.84. The molecule has 1 fully saturated rings. The van der Waals surface area contributed by atoms with Crippen LogP contribution in [0.15, 0.2) is 35.5 Å². The first-order chi connectivity index (χ1) is 15.7. The number of anilines is 1. The van der Waals surface area contributed by atoms with E-state index >= 15 is 4.39 Å². The standard InChI is InChI=1S/C23H25F3N4O3S/c1-12(15-6-5-7-17(20(15)24)23(25,26)22(3,4)31)28-21-16-10-19(34(32,33)14-8-9-14)27-11-18(16)29-13(2)30-21/h5-7,10-12,14,31H,8-9H2,1-4H3,(H,28,29,30)/t12-/m1/s1. The van der Waals surface area contributed by atoms with Crippen LogP contribution in [0.1, 0.15) is 56.6 Å². The highest BCUT2D eigenvalue weighted by molar-refractivity contribution is 7.92. The van der Waals surface area contributed by atoms with E-state index in [0.29, 0.717) is 29.6 Å². The normalized spacial score (nSPS) is 16.0. The molecule has 0 aliphatic heterocycles. The zero-order valence-electron chi connectivity index (χ0n) is 19.1. The summed E-state index contributed by atoms with van der Waals surface area (Å²) >= 11 is 0. The predicted molar refractivity (Wildman–Crippen MR) is 121 cm³/mol. The summed E-state index contributed by atoms with van der Waals surface area (Å²) in [6.07, 6.45) is 2.51. The Hall–Kier alpha value is -2.79. The quantitative estimate of drug-likeness (QED) is 0.500. The van der Waals surface area contributed by atoms with Gasteiger partial charge in [0.25, 0.3) is 0 Å². The van der Waals surface area contributed by atoms with Crippen LogP contribution in [-0.2, 0) is 15.8 Å². The number of pyridine rings is 1. The number of aromatic nitrogens is 3. The predicted octanol–water partition coefficient (Wildman–Crippen LogP) is 4.44. The molecule has 0 radical (unpaired) electrons. The first kappa shape index (κ1) is 24.3. The third-order valence-electron chi connectivity index (χ3n) is 5.88.